The molecule has 0 rings (SSSR count). The van der Waals surface area contributed by atoms with E-state index in [9.17, 15) is 24.3 Å². The number of nitrogens with one attached hydrogen (secondary N) is 3. The number of primary amides is 1. The number of likely N-dealkylation sites (N-methyl/N-ethyl adjacent to an activating group) is 1. The highest BCUT2D eigenvalue weighted by Gasteiger charge is 2.20. The standard InChI is InChI=1S/C29H56N4O5/c1-3-5-6-7-8-9-10-11-12-13-14-15-16-20-27(35)33-25(29(37)38)21-22-26(34)32-23-18-17-19-24(28(30)36)31-4-2/h24-25,31H,3-23H2,1-2H3,(H2,30,36)(H,32,34)(H,33,35)(H,37,38)/t24-,25-/m0/s1. The maximum Gasteiger partial charge on any atom is 0.326 e. The van der Waals surface area contributed by atoms with Gasteiger partial charge >= 0.3 is 5.97 Å². The number of hydrogen-bond acceptors (Lipinski definition) is 5. The molecule has 0 bridgehead atoms. The smallest absolute Gasteiger partial charge is 0.326 e. The van der Waals surface area contributed by atoms with Crippen LogP contribution in [0.2, 0.25) is 0 Å². The minimum absolute atomic E-state index is 0.0251. The molecule has 0 saturated carbocycles. The molecule has 6 N–H and O–H groups in total. The topological polar surface area (TPSA) is 151 Å². The van der Waals surface area contributed by atoms with Gasteiger partial charge in [0.1, 0.15) is 6.04 Å². The number of aliphatic carboxylic acids is 1. The monoisotopic (exact) mass is 540 g/mol. The minimum Gasteiger partial charge on any atom is -0.480 e. The molecular weight excluding hydrogens is 484 g/mol. The number of rotatable bonds is 27. The van der Waals surface area contributed by atoms with Gasteiger partial charge in [-0.2, -0.15) is 0 Å². The third-order valence-electron chi connectivity index (χ3n) is 6.84. The van der Waals surface area contributed by atoms with Crippen LogP contribution in [0.3, 0.4) is 0 Å². The lowest BCUT2D eigenvalue weighted by Gasteiger charge is -2.15. The zero-order valence-corrected chi connectivity index (χ0v) is 24.2. The molecule has 38 heavy (non-hydrogen) atoms. The van der Waals surface area contributed by atoms with Crippen LogP contribution >= 0.6 is 0 Å². The van der Waals surface area contributed by atoms with Crippen molar-refractivity contribution in [2.75, 3.05) is 13.1 Å². The number of hydrogen-bond donors (Lipinski definition) is 5. The Hall–Kier alpha value is -2.16. The second-order valence-corrected chi connectivity index (χ2v) is 10.3. The molecule has 0 aromatic carbocycles. The molecule has 2 atom stereocenters. The maximum absolute atomic E-state index is 12.2. The third-order valence-corrected chi connectivity index (χ3v) is 6.84. The highest BCUT2D eigenvalue weighted by Crippen LogP contribution is 2.13. The Morgan fingerprint density at radius 3 is 1.71 bits per heavy atom. The van der Waals surface area contributed by atoms with E-state index in [0.29, 0.717) is 32.4 Å². The summed E-state index contributed by atoms with van der Waals surface area (Å²) >= 11 is 0. The molecule has 0 saturated heterocycles. The first kappa shape index (κ1) is 35.8. The molecule has 0 unspecified atom stereocenters. The zero-order valence-electron chi connectivity index (χ0n) is 24.2. The highest BCUT2D eigenvalue weighted by atomic mass is 16.4. The van der Waals surface area contributed by atoms with Gasteiger partial charge in [-0.1, -0.05) is 90.9 Å². The summed E-state index contributed by atoms with van der Waals surface area (Å²) < 4.78 is 0. The number of carbonyl (C=O) groups excluding carboxylic acids is 3. The fourth-order valence-electron chi connectivity index (χ4n) is 4.48. The fraction of sp³-hybridized carbons (Fsp3) is 0.862. The van der Waals surface area contributed by atoms with Gasteiger partial charge in [-0.3, -0.25) is 14.4 Å². The van der Waals surface area contributed by atoms with Gasteiger partial charge in [0, 0.05) is 19.4 Å². The molecule has 9 nitrogen and oxygen atoms in total. The maximum atomic E-state index is 12.2. The molecule has 0 aromatic heterocycles. The zero-order chi connectivity index (χ0) is 28.4. The van der Waals surface area contributed by atoms with Gasteiger partial charge in [0.05, 0.1) is 6.04 Å². The highest BCUT2D eigenvalue weighted by molar-refractivity contribution is 5.84. The van der Waals surface area contributed by atoms with Crippen LogP contribution < -0.4 is 21.7 Å². The van der Waals surface area contributed by atoms with Crippen molar-refractivity contribution in [1.29, 1.82) is 0 Å². The number of unbranched alkanes of at least 4 members (excludes halogenated alkanes) is 13. The first-order valence-electron chi connectivity index (χ1n) is 15.1. The van der Waals surface area contributed by atoms with E-state index in [2.05, 4.69) is 22.9 Å². The summed E-state index contributed by atoms with van der Waals surface area (Å²) in [5.74, 6) is -2.03. The van der Waals surface area contributed by atoms with E-state index in [1.54, 1.807) is 0 Å². The lowest BCUT2D eigenvalue weighted by atomic mass is 10.0. The van der Waals surface area contributed by atoms with E-state index in [-0.39, 0.29) is 36.6 Å². The van der Waals surface area contributed by atoms with Gasteiger partial charge in [0.15, 0.2) is 0 Å². The van der Waals surface area contributed by atoms with Crippen molar-refractivity contribution in [3.63, 3.8) is 0 Å². The van der Waals surface area contributed by atoms with Gasteiger partial charge in [0.2, 0.25) is 17.7 Å². The average molecular weight is 541 g/mol. The number of carbonyl (C=O) groups is 4. The summed E-state index contributed by atoms with van der Waals surface area (Å²) in [5, 5.41) is 17.8. The number of carboxylic acid groups (broad SMARTS) is 1. The predicted molar refractivity (Wildman–Crippen MR) is 153 cm³/mol. The summed E-state index contributed by atoms with van der Waals surface area (Å²) in [6.45, 7) is 5.25. The van der Waals surface area contributed by atoms with Crippen LogP contribution in [0.25, 0.3) is 0 Å². The molecular formula is C29H56N4O5. The predicted octanol–water partition coefficient (Wildman–Crippen LogP) is 4.57. The Balaban J connectivity index is 3.85. The number of carboxylic acids is 1. The summed E-state index contributed by atoms with van der Waals surface area (Å²) in [5.41, 5.74) is 5.34. The number of amides is 3. The lowest BCUT2D eigenvalue weighted by molar-refractivity contribution is -0.142. The van der Waals surface area contributed by atoms with Crippen molar-refractivity contribution in [1.82, 2.24) is 16.0 Å². The summed E-state index contributed by atoms with van der Waals surface area (Å²) in [4.78, 5) is 47.1. The molecule has 0 aliphatic rings. The molecule has 0 heterocycles. The second kappa shape index (κ2) is 25.1. The molecule has 0 spiro atoms. The summed E-state index contributed by atoms with van der Waals surface area (Å²) in [6, 6.07) is -1.43. The van der Waals surface area contributed by atoms with Crippen LogP contribution in [0, 0.1) is 0 Å². The molecule has 3 amide bonds. The van der Waals surface area contributed by atoms with Crippen molar-refractivity contribution in [2.24, 2.45) is 5.73 Å². The van der Waals surface area contributed by atoms with E-state index < -0.39 is 12.0 Å². The van der Waals surface area contributed by atoms with E-state index in [1.807, 2.05) is 6.92 Å². The quantitative estimate of drug-likeness (QED) is 0.0963. The van der Waals surface area contributed by atoms with Crippen LogP contribution in [0.4, 0.5) is 0 Å². The second-order valence-electron chi connectivity index (χ2n) is 10.3. The molecule has 0 aromatic rings. The third kappa shape index (κ3) is 21.9. The average Bonchev–Trinajstić information content (AvgIpc) is 2.88. The van der Waals surface area contributed by atoms with E-state index in [1.165, 1.54) is 64.2 Å². The molecule has 0 fully saturated rings. The van der Waals surface area contributed by atoms with E-state index in [4.69, 9.17) is 5.73 Å². The van der Waals surface area contributed by atoms with Gasteiger partial charge in [-0.25, -0.2) is 4.79 Å². The Morgan fingerprint density at radius 2 is 1.21 bits per heavy atom. The van der Waals surface area contributed by atoms with E-state index >= 15 is 0 Å². The van der Waals surface area contributed by atoms with Crippen LogP contribution in [0.1, 0.15) is 136 Å². The number of nitrogens with two attached hydrogens (primary N) is 1. The largest absolute Gasteiger partial charge is 0.480 e. The van der Waals surface area contributed by atoms with Crippen LogP contribution in [-0.4, -0.2) is 54.0 Å². The summed E-state index contributed by atoms with van der Waals surface area (Å²) in [7, 11) is 0. The molecule has 0 aliphatic carbocycles. The SMILES string of the molecule is CCCCCCCCCCCCCCCC(=O)N[C@@H](CCC(=O)NCCCC[C@H](NCC)C(N)=O)C(=O)O. The van der Waals surface area contributed by atoms with Crippen molar-refractivity contribution < 1.29 is 24.3 Å². The van der Waals surface area contributed by atoms with Gasteiger partial charge in [-0.15, -0.1) is 0 Å². The first-order chi connectivity index (χ1) is 18.3. The molecule has 0 aliphatic heterocycles. The van der Waals surface area contributed by atoms with Crippen molar-refractivity contribution in [3.8, 4) is 0 Å². The molecule has 0 radical (unpaired) electrons. The van der Waals surface area contributed by atoms with Crippen molar-refractivity contribution in [2.45, 2.75) is 148 Å². The minimum atomic E-state index is -1.13. The Morgan fingerprint density at radius 1 is 0.658 bits per heavy atom. The first-order valence-corrected chi connectivity index (χ1v) is 15.1. The molecule has 9 heteroatoms. The Bertz CT molecular complexity index is 644. The van der Waals surface area contributed by atoms with Crippen LogP contribution in [0.15, 0.2) is 0 Å². The van der Waals surface area contributed by atoms with E-state index in [0.717, 1.165) is 25.7 Å². The fourth-order valence-corrected chi connectivity index (χ4v) is 4.48. The van der Waals surface area contributed by atoms with Gasteiger partial charge < -0.3 is 26.8 Å². The van der Waals surface area contributed by atoms with Crippen LogP contribution in [0.5, 0.6) is 0 Å². The Kier molecular flexibility index (Phi) is 23.7. The van der Waals surface area contributed by atoms with Crippen molar-refractivity contribution in [3.05, 3.63) is 0 Å². The van der Waals surface area contributed by atoms with Gasteiger partial charge in [-0.05, 0) is 38.6 Å². The summed E-state index contributed by atoms with van der Waals surface area (Å²) in [6.07, 6.45) is 18.3. The normalized spacial score (nSPS) is 12.6. The molecule has 222 valence electrons. The van der Waals surface area contributed by atoms with Crippen molar-refractivity contribution >= 4 is 23.7 Å². The Labute approximate surface area is 230 Å². The van der Waals surface area contributed by atoms with Gasteiger partial charge in [0.25, 0.3) is 0 Å². The van der Waals surface area contributed by atoms with Crippen LogP contribution in [-0.2, 0) is 19.2 Å². The lowest BCUT2D eigenvalue weighted by Crippen LogP contribution is -2.41.